The molecule has 0 radical (unpaired) electrons. The minimum Gasteiger partial charge on any atom is -0.327 e. The van der Waals surface area contributed by atoms with Gasteiger partial charge in [0.25, 0.3) is 0 Å². The molecule has 1 aliphatic rings. The van der Waals surface area contributed by atoms with Gasteiger partial charge in [0, 0.05) is 17.0 Å². The summed E-state index contributed by atoms with van der Waals surface area (Å²) in [5.41, 5.74) is 7.69. The molecule has 2 N–H and O–H groups in total. The monoisotopic (exact) mass is 237 g/mol. The first-order valence-corrected chi connectivity index (χ1v) is 6.48. The van der Waals surface area contributed by atoms with Crippen LogP contribution in [0.4, 0.5) is 0 Å². The standard InChI is InChI=1S/C14H20ClN/c1-9(2)14(16)13(10-3-4-10)11-5-7-12(15)8-6-11/h5-10,13-14H,3-4,16H2,1-2H3. The van der Waals surface area contributed by atoms with Gasteiger partial charge in [-0.15, -0.1) is 0 Å². The van der Waals surface area contributed by atoms with Gasteiger partial charge >= 0.3 is 0 Å². The zero-order valence-electron chi connectivity index (χ0n) is 9.99. The summed E-state index contributed by atoms with van der Waals surface area (Å²) in [5.74, 6) is 1.83. The van der Waals surface area contributed by atoms with Crippen LogP contribution in [0.1, 0.15) is 38.2 Å². The molecule has 1 fully saturated rings. The van der Waals surface area contributed by atoms with E-state index in [0.717, 1.165) is 10.9 Å². The van der Waals surface area contributed by atoms with Crippen LogP contribution in [0, 0.1) is 11.8 Å². The molecule has 0 amide bonds. The molecule has 0 aliphatic heterocycles. The van der Waals surface area contributed by atoms with Crippen LogP contribution in [-0.2, 0) is 0 Å². The number of rotatable bonds is 4. The Morgan fingerprint density at radius 3 is 2.19 bits per heavy atom. The van der Waals surface area contributed by atoms with Gasteiger partial charge in [-0.25, -0.2) is 0 Å². The number of halogens is 1. The van der Waals surface area contributed by atoms with E-state index in [2.05, 4.69) is 26.0 Å². The summed E-state index contributed by atoms with van der Waals surface area (Å²) in [7, 11) is 0. The molecule has 16 heavy (non-hydrogen) atoms. The van der Waals surface area contributed by atoms with Crippen LogP contribution in [0.15, 0.2) is 24.3 Å². The van der Waals surface area contributed by atoms with Crippen molar-refractivity contribution in [2.24, 2.45) is 17.6 Å². The molecule has 1 saturated carbocycles. The van der Waals surface area contributed by atoms with Crippen molar-refractivity contribution >= 4 is 11.6 Å². The van der Waals surface area contributed by atoms with Crippen molar-refractivity contribution in [2.45, 2.75) is 38.6 Å². The minimum atomic E-state index is 0.258. The van der Waals surface area contributed by atoms with Crippen LogP contribution in [0.2, 0.25) is 5.02 Å². The Bertz CT molecular complexity index is 340. The van der Waals surface area contributed by atoms with Crippen molar-refractivity contribution in [2.75, 3.05) is 0 Å². The average Bonchev–Trinajstić information content (AvgIpc) is 3.05. The molecule has 1 aromatic carbocycles. The Kier molecular flexibility index (Phi) is 3.56. The average molecular weight is 238 g/mol. The Hall–Kier alpha value is -0.530. The molecule has 2 heteroatoms. The maximum atomic E-state index is 6.34. The fraction of sp³-hybridized carbons (Fsp3) is 0.571. The molecule has 88 valence electrons. The second-order valence-electron chi connectivity index (χ2n) is 5.24. The molecular weight excluding hydrogens is 218 g/mol. The Balaban J connectivity index is 2.22. The van der Waals surface area contributed by atoms with Crippen LogP contribution in [0.3, 0.4) is 0 Å². The van der Waals surface area contributed by atoms with E-state index in [0.29, 0.717) is 11.8 Å². The lowest BCUT2D eigenvalue weighted by Gasteiger charge is -2.27. The van der Waals surface area contributed by atoms with E-state index in [1.54, 1.807) is 0 Å². The highest BCUT2D eigenvalue weighted by Crippen LogP contribution is 2.45. The van der Waals surface area contributed by atoms with Gasteiger partial charge in [0.15, 0.2) is 0 Å². The van der Waals surface area contributed by atoms with Crippen molar-refractivity contribution in [1.82, 2.24) is 0 Å². The minimum absolute atomic E-state index is 0.258. The van der Waals surface area contributed by atoms with Crippen LogP contribution in [0.25, 0.3) is 0 Å². The highest BCUT2D eigenvalue weighted by Gasteiger charge is 2.36. The van der Waals surface area contributed by atoms with Crippen molar-refractivity contribution in [3.05, 3.63) is 34.9 Å². The number of benzene rings is 1. The maximum Gasteiger partial charge on any atom is 0.0406 e. The lowest BCUT2D eigenvalue weighted by Crippen LogP contribution is -2.34. The summed E-state index contributed by atoms with van der Waals surface area (Å²) in [5, 5.41) is 0.802. The van der Waals surface area contributed by atoms with Crippen LogP contribution in [-0.4, -0.2) is 6.04 Å². The number of hydrogen-bond donors (Lipinski definition) is 1. The van der Waals surface area contributed by atoms with Crippen LogP contribution in [0.5, 0.6) is 0 Å². The van der Waals surface area contributed by atoms with Gasteiger partial charge in [0.2, 0.25) is 0 Å². The van der Waals surface area contributed by atoms with Crippen molar-refractivity contribution in [3.8, 4) is 0 Å². The summed E-state index contributed by atoms with van der Waals surface area (Å²) >= 11 is 5.92. The molecule has 0 saturated heterocycles. The normalized spacial score (nSPS) is 19.8. The van der Waals surface area contributed by atoms with E-state index in [-0.39, 0.29) is 6.04 Å². The first kappa shape index (κ1) is 11.9. The third-order valence-corrected chi connectivity index (χ3v) is 3.82. The Morgan fingerprint density at radius 1 is 1.19 bits per heavy atom. The Morgan fingerprint density at radius 2 is 1.75 bits per heavy atom. The second kappa shape index (κ2) is 4.77. The third kappa shape index (κ3) is 2.58. The fourth-order valence-corrected chi connectivity index (χ4v) is 2.49. The fourth-order valence-electron chi connectivity index (χ4n) is 2.36. The van der Waals surface area contributed by atoms with E-state index >= 15 is 0 Å². The molecule has 2 unspecified atom stereocenters. The molecule has 0 heterocycles. The molecule has 1 aliphatic carbocycles. The molecule has 0 spiro atoms. The van der Waals surface area contributed by atoms with Gasteiger partial charge < -0.3 is 5.73 Å². The van der Waals surface area contributed by atoms with Crippen molar-refractivity contribution in [3.63, 3.8) is 0 Å². The summed E-state index contributed by atoms with van der Waals surface area (Å²) in [6.45, 7) is 4.41. The van der Waals surface area contributed by atoms with E-state index < -0.39 is 0 Å². The first-order valence-electron chi connectivity index (χ1n) is 6.10. The summed E-state index contributed by atoms with van der Waals surface area (Å²) in [6, 6.07) is 8.47. The van der Waals surface area contributed by atoms with Gasteiger partial charge in [-0.3, -0.25) is 0 Å². The van der Waals surface area contributed by atoms with Gasteiger partial charge in [0.1, 0.15) is 0 Å². The Labute approximate surface area is 103 Å². The summed E-state index contributed by atoms with van der Waals surface area (Å²) in [4.78, 5) is 0. The van der Waals surface area contributed by atoms with Crippen molar-refractivity contribution < 1.29 is 0 Å². The van der Waals surface area contributed by atoms with E-state index in [9.17, 15) is 0 Å². The first-order chi connectivity index (χ1) is 7.59. The van der Waals surface area contributed by atoms with Gasteiger partial charge in [-0.2, -0.15) is 0 Å². The topological polar surface area (TPSA) is 26.0 Å². The molecule has 2 rings (SSSR count). The number of hydrogen-bond acceptors (Lipinski definition) is 1. The lowest BCUT2D eigenvalue weighted by molar-refractivity contribution is 0.387. The van der Waals surface area contributed by atoms with E-state index in [1.165, 1.54) is 18.4 Å². The predicted molar refractivity (Wildman–Crippen MR) is 69.7 cm³/mol. The predicted octanol–water partition coefficient (Wildman–Crippen LogP) is 3.82. The summed E-state index contributed by atoms with van der Waals surface area (Å²) < 4.78 is 0. The molecule has 2 atom stereocenters. The molecule has 0 bridgehead atoms. The second-order valence-corrected chi connectivity index (χ2v) is 5.67. The van der Waals surface area contributed by atoms with Gasteiger partial charge in [0.05, 0.1) is 0 Å². The lowest BCUT2D eigenvalue weighted by atomic mass is 9.82. The largest absolute Gasteiger partial charge is 0.327 e. The van der Waals surface area contributed by atoms with E-state index in [4.69, 9.17) is 17.3 Å². The van der Waals surface area contributed by atoms with Gasteiger partial charge in [-0.1, -0.05) is 37.6 Å². The maximum absolute atomic E-state index is 6.34. The highest BCUT2D eigenvalue weighted by atomic mass is 35.5. The summed E-state index contributed by atoms with van der Waals surface area (Å²) in [6.07, 6.45) is 2.65. The molecule has 1 aromatic rings. The van der Waals surface area contributed by atoms with Crippen LogP contribution < -0.4 is 5.73 Å². The molecule has 0 aromatic heterocycles. The van der Waals surface area contributed by atoms with Crippen LogP contribution >= 0.6 is 11.6 Å². The molecular formula is C14H20ClN. The van der Waals surface area contributed by atoms with E-state index in [1.807, 2.05) is 12.1 Å². The molecule has 1 nitrogen and oxygen atoms in total. The zero-order chi connectivity index (χ0) is 11.7. The van der Waals surface area contributed by atoms with Crippen molar-refractivity contribution in [1.29, 1.82) is 0 Å². The zero-order valence-corrected chi connectivity index (χ0v) is 10.7. The smallest absolute Gasteiger partial charge is 0.0406 e. The quantitative estimate of drug-likeness (QED) is 0.847. The SMILES string of the molecule is CC(C)C(N)C(c1ccc(Cl)cc1)C1CC1. The number of nitrogens with two attached hydrogens (primary N) is 1. The third-order valence-electron chi connectivity index (χ3n) is 3.57. The van der Waals surface area contributed by atoms with Gasteiger partial charge in [-0.05, 0) is 42.4 Å². The highest BCUT2D eigenvalue weighted by molar-refractivity contribution is 6.30.